The molecule has 1 amide bonds. The number of benzene rings is 1. The van der Waals surface area contributed by atoms with Gasteiger partial charge in [-0.05, 0) is 31.5 Å². The third kappa shape index (κ3) is 3.02. The lowest BCUT2D eigenvalue weighted by Crippen LogP contribution is -2.24. The smallest absolute Gasteiger partial charge is 0.262 e. The van der Waals surface area contributed by atoms with Gasteiger partial charge in [-0.1, -0.05) is 11.0 Å². The van der Waals surface area contributed by atoms with Crippen LogP contribution in [0.4, 0.5) is 0 Å². The summed E-state index contributed by atoms with van der Waals surface area (Å²) in [5.74, 6) is -0.359. The van der Waals surface area contributed by atoms with E-state index in [2.05, 4.69) is 5.32 Å². The first-order chi connectivity index (χ1) is 7.92. The standard InChI is InChI=1S/C10H14N2O4S/c1-3-11-10(13)8-5-4-7(2)9(6-8)17(15,16)12-14/h4-6,12,14H,3H2,1-2H3,(H,11,13). The summed E-state index contributed by atoms with van der Waals surface area (Å²) in [6, 6.07) is 4.25. The van der Waals surface area contributed by atoms with Crippen molar-refractivity contribution in [2.45, 2.75) is 18.7 Å². The van der Waals surface area contributed by atoms with Crippen molar-refractivity contribution in [1.29, 1.82) is 0 Å². The third-order valence-corrected chi connectivity index (χ3v) is 3.46. The maximum atomic E-state index is 11.5. The minimum atomic E-state index is -3.97. The number of aryl methyl sites for hydroxylation is 1. The molecule has 0 unspecified atom stereocenters. The zero-order valence-corrected chi connectivity index (χ0v) is 10.3. The van der Waals surface area contributed by atoms with Crippen molar-refractivity contribution in [3.63, 3.8) is 0 Å². The van der Waals surface area contributed by atoms with Crippen molar-refractivity contribution in [1.82, 2.24) is 10.2 Å². The fourth-order valence-electron chi connectivity index (χ4n) is 1.34. The number of carbonyl (C=O) groups is 1. The van der Waals surface area contributed by atoms with E-state index >= 15 is 0 Å². The van der Waals surface area contributed by atoms with Gasteiger partial charge in [-0.2, -0.15) is 0 Å². The van der Waals surface area contributed by atoms with Gasteiger partial charge in [0.05, 0.1) is 4.90 Å². The quantitative estimate of drug-likeness (QED) is 0.682. The van der Waals surface area contributed by atoms with E-state index in [1.807, 2.05) is 0 Å². The molecule has 0 fully saturated rings. The molecular formula is C10H14N2O4S. The SMILES string of the molecule is CCNC(=O)c1ccc(C)c(S(=O)(=O)NO)c1. The van der Waals surface area contributed by atoms with Gasteiger partial charge in [0.1, 0.15) is 0 Å². The second-order valence-corrected chi connectivity index (χ2v) is 5.06. The number of rotatable bonds is 4. The average molecular weight is 258 g/mol. The second kappa shape index (κ2) is 5.26. The molecule has 94 valence electrons. The van der Waals surface area contributed by atoms with Crippen LogP contribution in [-0.2, 0) is 10.0 Å². The summed E-state index contributed by atoms with van der Waals surface area (Å²) in [4.78, 5) is 12.7. The van der Waals surface area contributed by atoms with Crippen molar-refractivity contribution in [2.75, 3.05) is 6.54 Å². The Morgan fingerprint density at radius 1 is 1.41 bits per heavy atom. The van der Waals surface area contributed by atoms with Crippen LogP contribution in [0, 0.1) is 6.92 Å². The fourth-order valence-corrected chi connectivity index (χ4v) is 2.22. The topological polar surface area (TPSA) is 95.5 Å². The Morgan fingerprint density at radius 3 is 2.59 bits per heavy atom. The molecule has 7 heteroatoms. The number of hydrogen-bond acceptors (Lipinski definition) is 4. The zero-order chi connectivity index (χ0) is 13.1. The number of sulfonamides is 1. The molecule has 1 aromatic carbocycles. The third-order valence-electron chi connectivity index (χ3n) is 2.20. The van der Waals surface area contributed by atoms with Crippen LogP contribution in [0.1, 0.15) is 22.8 Å². The van der Waals surface area contributed by atoms with Crippen LogP contribution in [0.3, 0.4) is 0 Å². The van der Waals surface area contributed by atoms with Gasteiger partial charge in [-0.15, -0.1) is 0 Å². The lowest BCUT2D eigenvalue weighted by Gasteiger charge is -2.08. The number of hydrogen-bond donors (Lipinski definition) is 3. The summed E-state index contributed by atoms with van der Waals surface area (Å²) in [6.45, 7) is 3.79. The molecule has 1 rings (SSSR count). The summed E-state index contributed by atoms with van der Waals surface area (Å²) in [5, 5.41) is 11.1. The van der Waals surface area contributed by atoms with Gasteiger partial charge in [0.25, 0.3) is 15.9 Å². The van der Waals surface area contributed by atoms with Crippen LogP contribution >= 0.6 is 0 Å². The Bertz CT molecular complexity index is 525. The van der Waals surface area contributed by atoms with Crippen LogP contribution in [0.15, 0.2) is 23.1 Å². The molecule has 0 radical (unpaired) electrons. The van der Waals surface area contributed by atoms with Crippen molar-refractivity contribution < 1.29 is 18.4 Å². The minimum absolute atomic E-state index is 0.122. The van der Waals surface area contributed by atoms with Crippen LogP contribution in [0.25, 0.3) is 0 Å². The molecule has 0 saturated heterocycles. The molecule has 0 aliphatic carbocycles. The Morgan fingerprint density at radius 2 is 2.06 bits per heavy atom. The van der Waals surface area contributed by atoms with E-state index in [9.17, 15) is 13.2 Å². The Kier molecular flexibility index (Phi) is 4.22. The normalized spacial score (nSPS) is 11.2. The van der Waals surface area contributed by atoms with Gasteiger partial charge in [0.15, 0.2) is 0 Å². The first-order valence-corrected chi connectivity index (χ1v) is 6.45. The first-order valence-electron chi connectivity index (χ1n) is 4.97. The van der Waals surface area contributed by atoms with Gasteiger partial charge in [0.2, 0.25) is 0 Å². The number of amides is 1. The number of carbonyl (C=O) groups excluding carboxylic acids is 1. The van der Waals surface area contributed by atoms with Gasteiger partial charge < -0.3 is 10.5 Å². The van der Waals surface area contributed by atoms with E-state index in [1.165, 1.54) is 23.1 Å². The molecule has 0 aliphatic rings. The molecule has 0 heterocycles. The molecule has 0 spiro atoms. The summed E-state index contributed by atoms with van der Waals surface area (Å²) < 4.78 is 22.9. The number of nitrogens with one attached hydrogen (secondary N) is 2. The minimum Gasteiger partial charge on any atom is -0.352 e. The molecule has 0 saturated carbocycles. The fraction of sp³-hybridized carbons (Fsp3) is 0.300. The van der Waals surface area contributed by atoms with Crippen LogP contribution in [0.5, 0.6) is 0 Å². The van der Waals surface area contributed by atoms with Gasteiger partial charge in [-0.3, -0.25) is 4.79 Å². The Balaban J connectivity index is 3.25. The maximum absolute atomic E-state index is 11.5. The molecule has 3 N–H and O–H groups in total. The monoisotopic (exact) mass is 258 g/mol. The van der Waals surface area contributed by atoms with Gasteiger partial charge in [-0.25, -0.2) is 8.42 Å². The van der Waals surface area contributed by atoms with Gasteiger partial charge >= 0.3 is 0 Å². The molecule has 0 atom stereocenters. The summed E-state index contributed by atoms with van der Waals surface area (Å²) >= 11 is 0. The highest BCUT2D eigenvalue weighted by atomic mass is 32.2. The molecule has 0 aromatic heterocycles. The molecular weight excluding hydrogens is 244 g/mol. The van der Waals surface area contributed by atoms with Crippen molar-refractivity contribution in [3.8, 4) is 0 Å². The maximum Gasteiger partial charge on any atom is 0.262 e. The Hall–Kier alpha value is -1.44. The van der Waals surface area contributed by atoms with Gasteiger partial charge in [0, 0.05) is 12.1 Å². The highest BCUT2D eigenvalue weighted by Crippen LogP contribution is 2.16. The van der Waals surface area contributed by atoms with Crippen LogP contribution < -0.4 is 10.2 Å². The lowest BCUT2D eigenvalue weighted by molar-refractivity contribution is 0.0955. The van der Waals surface area contributed by atoms with E-state index in [4.69, 9.17) is 5.21 Å². The summed E-state index contributed by atoms with van der Waals surface area (Å²) in [6.07, 6.45) is 0. The molecule has 6 nitrogen and oxygen atoms in total. The van der Waals surface area contributed by atoms with E-state index in [0.717, 1.165) is 0 Å². The lowest BCUT2D eigenvalue weighted by atomic mass is 10.1. The van der Waals surface area contributed by atoms with Crippen molar-refractivity contribution >= 4 is 15.9 Å². The molecule has 1 aromatic rings. The van der Waals surface area contributed by atoms with Crippen LogP contribution in [-0.4, -0.2) is 26.1 Å². The predicted octanol–water partition coefficient (Wildman–Crippen LogP) is 0.412. The van der Waals surface area contributed by atoms with Crippen LogP contribution in [0.2, 0.25) is 0 Å². The summed E-state index contributed by atoms with van der Waals surface area (Å²) in [7, 11) is -3.97. The molecule has 0 bridgehead atoms. The van der Waals surface area contributed by atoms with E-state index in [-0.39, 0.29) is 16.4 Å². The highest BCUT2D eigenvalue weighted by Gasteiger charge is 2.17. The molecule has 17 heavy (non-hydrogen) atoms. The largest absolute Gasteiger partial charge is 0.352 e. The van der Waals surface area contributed by atoms with E-state index in [0.29, 0.717) is 12.1 Å². The van der Waals surface area contributed by atoms with E-state index in [1.54, 1.807) is 13.8 Å². The van der Waals surface area contributed by atoms with Crippen molar-refractivity contribution in [2.24, 2.45) is 0 Å². The first kappa shape index (κ1) is 13.6. The summed E-state index contributed by atoms with van der Waals surface area (Å²) in [5.41, 5.74) is 0.672. The second-order valence-electron chi connectivity index (χ2n) is 3.43. The van der Waals surface area contributed by atoms with Crippen molar-refractivity contribution in [3.05, 3.63) is 29.3 Å². The predicted molar refractivity (Wildman–Crippen MR) is 61.3 cm³/mol. The Labute approximate surface area is 99.7 Å². The average Bonchev–Trinajstić information content (AvgIpc) is 2.29. The zero-order valence-electron chi connectivity index (χ0n) is 9.52. The highest BCUT2D eigenvalue weighted by molar-refractivity contribution is 7.89. The van der Waals surface area contributed by atoms with E-state index < -0.39 is 10.0 Å². The molecule has 0 aliphatic heterocycles.